The van der Waals surface area contributed by atoms with E-state index in [0.717, 1.165) is 58.6 Å². The molecule has 1 unspecified atom stereocenters. The molecule has 2 heterocycles. The largest absolute Gasteiger partial charge is 0.377 e. The third kappa shape index (κ3) is 5.85. The Kier molecular flexibility index (Phi) is 6.93. The summed E-state index contributed by atoms with van der Waals surface area (Å²) in [7, 11) is 0. The Labute approximate surface area is 150 Å². The van der Waals surface area contributed by atoms with Crippen molar-refractivity contribution in [2.75, 3.05) is 45.9 Å². The van der Waals surface area contributed by atoms with Crippen molar-refractivity contribution >= 4 is 11.9 Å². The number of ether oxygens (including phenoxy) is 1. The molecule has 142 valence electrons. The van der Waals surface area contributed by atoms with Gasteiger partial charge in [0.2, 0.25) is 5.91 Å². The standard InChI is InChI=1S/C18H32N4O3/c23-17(20-15-4-1-2-5-15)7-8-19-18(24)22-11-9-21(10-12-22)14-16-6-3-13-25-16/h15-16H,1-14H2,(H,19,24)(H,20,23). The van der Waals surface area contributed by atoms with E-state index in [9.17, 15) is 9.59 Å². The first-order valence-corrected chi connectivity index (χ1v) is 9.87. The zero-order valence-electron chi connectivity index (χ0n) is 15.2. The Morgan fingerprint density at radius 1 is 1.00 bits per heavy atom. The Balaban J connectivity index is 1.26. The highest BCUT2D eigenvalue weighted by Crippen LogP contribution is 2.17. The summed E-state index contributed by atoms with van der Waals surface area (Å²) in [5.74, 6) is 0.0496. The highest BCUT2D eigenvalue weighted by Gasteiger charge is 2.25. The molecule has 0 spiro atoms. The number of carbonyl (C=O) groups excluding carboxylic acids is 2. The lowest BCUT2D eigenvalue weighted by atomic mass is 10.2. The summed E-state index contributed by atoms with van der Waals surface area (Å²) in [5.41, 5.74) is 0. The van der Waals surface area contributed by atoms with Gasteiger partial charge in [-0.05, 0) is 25.7 Å². The number of amides is 3. The van der Waals surface area contributed by atoms with Crippen LogP contribution in [0, 0.1) is 0 Å². The molecule has 0 aromatic rings. The summed E-state index contributed by atoms with van der Waals surface area (Å²) in [5, 5.41) is 5.93. The fourth-order valence-corrected chi connectivity index (χ4v) is 3.97. The summed E-state index contributed by atoms with van der Waals surface area (Å²) in [6.45, 7) is 5.57. The Bertz CT molecular complexity index is 440. The number of carbonyl (C=O) groups is 2. The molecular formula is C18H32N4O3. The van der Waals surface area contributed by atoms with Crippen molar-refractivity contribution in [3.05, 3.63) is 0 Å². The molecule has 25 heavy (non-hydrogen) atoms. The van der Waals surface area contributed by atoms with Crippen LogP contribution in [0.5, 0.6) is 0 Å². The first-order chi connectivity index (χ1) is 12.2. The molecule has 7 heteroatoms. The van der Waals surface area contributed by atoms with Gasteiger partial charge in [0.1, 0.15) is 0 Å². The summed E-state index contributed by atoms with van der Waals surface area (Å²) in [6.07, 6.45) is 7.66. The van der Waals surface area contributed by atoms with Crippen molar-refractivity contribution in [1.29, 1.82) is 0 Å². The Morgan fingerprint density at radius 3 is 2.44 bits per heavy atom. The lowest BCUT2D eigenvalue weighted by Gasteiger charge is -2.35. The highest BCUT2D eigenvalue weighted by molar-refractivity contribution is 5.78. The zero-order chi connectivity index (χ0) is 17.5. The molecule has 7 nitrogen and oxygen atoms in total. The van der Waals surface area contributed by atoms with Gasteiger partial charge in [0.15, 0.2) is 0 Å². The number of hydrogen-bond donors (Lipinski definition) is 2. The first-order valence-electron chi connectivity index (χ1n) is 9.87. The van der Waals surface area contributed by atoms with Crippen molar-refractivity contribution in [3.63, 3.8) is 0 Å². The van der Waals surface area contributed by atoms with Crippen molar-refractivity contribution in [2.24, 2.45) is 0 Å². The number of rotatable bonds is 6. The fourth-order valence-electron chi connectivity index (χ4n) is 3.97. The SMILES string of the molecule is O=C(CCNC(=O)N1CCN(CC2CCCO2)CC1)NC1CCCC1. The maximum atomic E-state index is 12.2. The van der Waals surface area contributed by atoms with Crippen LogP contribution in [-0.4, -0.2) is 79.8 Å². The Hall–Kier alpha value is -1.34. The average molecular weight is 352 g/mol. The van der Waals surface area contributed by atoms with Crippen LogP contribution in [-0.2, 0) is 9.53 Å². The molecule has 1 atom stereocenters. The van der Waals surface area contributed by atoms with E-state index in [0.29, 0.717) is 25.1 Å². The van der Waals surface area contributed by atoms with Crippen LogP contribution in [0.2, 0.25) is 0 Å². The molecule has 3 amide bonds. The molecule has 3 aliphatic rings. The summed E-state index contributed by atoms with van der Waals surface area (Å²) < 4.78 is 5.68. The van der Waals surface area contributed by atoms with Gasteiger partial charge >= 0.3 is 6.03 Å². The number of nitrogens with one attached hydrogen (secondary N) is 2. The lowest BCUT2D eigenvalue weighted by Crippen LogP contribution is -2.53. The molecule has 0 aromatic heterocycles. The van der Waals surface area contributed by atoms with E-state index in [-0.39, 0.29) is 11.9 Å². The summed E-state index contributed by atoms with van der Waals surface area (Å²) >= 11 is 0. The minimum absolute atomic E-state index is 0.0496. The monoisotopic (exact) mass is 352 g/mol. The smallest absolute Gasteiger partial charge is 0.317 e. The molecule has 0 aromatic carbocycles. The second-order valence-corrected chi connectivity index (χ2v) is 7.45. The molecule has 2 aliphatic heterocycles. The number of urea groups is 1. The topological polar surface area (TPSA) is 73.9 Å². The van der Waals surface area contributed by atoms with Crippen LogP contribution >= 0.6 is 0 Å². The second kappa shape index (κ2) is 9.38. The molecule has 0 bridgehead atoms. The van der Waals surface area contributed by atoms with Gasteiger partial charge in [-0.1, -0.05) is 12.8 Å². The minimum atomic E-state index is -0.0505. The van der Waals surface area contributed by atoms with Crippen molar-refractivity contribution in [3.8, 4) is 0 Å². The van der Waals surface area contributed by atoms with E-state index in [2.05, 4.69) is 15.5 Å². The maximum Gasteiger partial charge on any atom is 0.317 e. The third-order valence-corrected chi connectivity index (χ3v) is 5.49. The predicted octanol–water partition coefficient (Wildman–Crippen LogP) is 0.942. The van der Waals surface area contributed by atoms with E-state index in [4.69, 9.17) is 4.74 Å². The molecule has 3 fully saturated rings. The highest BCUT2D eigenvalue weighted by atomic mass is 16.5. The van der Waals surface area contributed by atoms with Crippen molar-refractivity contribution < 1.29 is 14.3 Å². The van der Waals surface area contributed by atoms with Crippen LogP contribution in [0.1, 0.15) is 44.9 Å². The van der Waals surface area contributed by atoms with Gasteiger partial charge in [0, 0.05) is 58.3 Å². The van der Waals surface area contributed by atoms with E-state index in [1.165, 1.54) is 19.3 Å². The predicted molar refractivity (Wildman–Crippen MR) is 95.4 cm³/mol. The average Bonchev–Trinajstić information content (AvgIpc) is 3.29. The van der Waals surface area contributed by atoms with Crippen molar-refractivity contribution in [2.45, 2.75) is 57.1 Å². The van der Waals surface area contributed by atoms with Gasteiger partial charge < -0.3 is 20.3 Å². The quantitative estimate of drug-likeness (QED) is 0.746. The van der Waals surface area contributed by atoms with Crippen LogP contribution in [0.4, 0.5) is 4.79 Å². The summed E-state index contributed by atoms with van der Waals surface area (Å²) in [6, 6.07) is 0.297. The van der Waals surface area contributed by atoms with E-state index in [1.807, 2.05) is 4.90 Å². The molecule has 2 N–H and O–H groups in total. The van der Waals surface area contributed by atoms with Crippen LogP contribution in [0.25, 0.3) is 0 Å². The van der Waals surface area contributed by atoms with E-state index < -0.39 is 0 Å². The van der Waals surface area contributed by atoms with Gasteiger partial charge in [-0.3, -0.25) is 9.69 Å². The van der Waals surface area contributed by atoms with Gasteiger partial charge in [-0.25, -0.2) is 4.79 Å². The second-order valence-electron chi connectivity index (χ2n) is 7.45. The third-order valence-electron chi connectivity index (χ3n) is 5.49. The molecule has 0 radical (unpaired) electrons. The molecule has 1 saturated carbocycles. The number of hydrogen-bond acceptors (Lipinski definition) is 4. The molecule has 3 rings (SSSR count). The zero-order valence-corrected chi connectivity index (χ0v) is 15.2. The Morgan fingerprint density at radius 2 is 1.76 bits per heavy atom. The van der Waals surface area contributed by atoms with E-state index >= 15 is 0 Å². The van der Waals surface area contributed by atoms with Crippen LogP contribution in [0.15, 0.2) is 0 Å². The van der Waals surface area contributed by atoms with Crippen LogP contribution < -0.4 is 10.6 Å². The molecular weight excluding hydrogens is 320 g/mol. The molecule has 1 aliphatic carbocycles. The van der Waals surface area contributed by atoms with Gasteiger partial charge in [-0.2, -0.15) is 0 Å². The normalized spacial score (nSPS) is 25.3. The first kappa shape index (κ1) is 18.5. The number of nitrogens with zero attached hydrogens (tertiary/aromatic N) is 2. The summed E-state index contributed by atoms with van der Waals surface area (Å²) in [4.78, 5) is 28.3. The fraction of sp³-hybridized carbons (Fsp3) is 0.889. The maximum absolute atomic E-state index is 12.2. The van der Waals surface area contributed by atoms with E-state index in [1.54, 1.807) is 0 Å². The number of piperazine rings is 1. The van der Waals surface area contributed by atoms with Gasteiger partial charge in [-0.15, -0.1) is 0 Å². The lowest BCUT2D eigenvalue weighted by molar-refractivity contribution is -0.121. The van der Waals surface area contributed by atoms with Crippen LogP contribution in [0.3, 0.4) is 0 Å². The van der Waals surface area contributed by atoms with Gasteiger partial charge in [0.25, 0.3) is 0 Å². The minimum Gasteiger partial charge on any atom is -0.377 e. The van der Waals surface area contributed by atoms with Gasteiger partial charge in [0.05, 0.1) is 6.10 Å². The molecule has 2 saturated heterocycles. The van der Waals surface area contributed by atoms with Crippen molar-refractivity contribution in [1.82, 2.24) is 20.4 Å².